The minimum Gasteiger partial charge on any atom is -0.496 e. The van der Waals surface area contributed by atoms with Crippen molar-refractivity contribution in [3.63, 3.8) is 0 Å². The van der Waals surface area contributed by atoms with Gasteiger partial charge in [0.1, 0.15) is 11.8 Å². The van der Waals surface area contributed by atoms with Crippen LogP contribution in [0.3, 0.4) is 0 Å². The van der Waals surface area contributed by atoms with Crippen molar-refractivity contribution in [2.45, 2.75) is 6.04 Å². The maximum Gasteiger partial charge on any atom is 0.257 e. The Bertz CT molecular complexity index is 518. The molecule has 0 saturated carbocycles. The number of nitrogens with zero attached hydrogens (tertiary/aromatic N) is 2. The molecule has 0 aromatic heterocycles. The first-order valence-corrected chi connectivity index (χ1v) is 6.46. The van der Waals surface area contributed by atoms with E-state index in [-0.39, 0.29) is 5.91 Å². The first-order chi connectivity index (χ1) is 9.54. The average molecular weight is 277 g/mol. The van der Waals surface area contributed by atoms with E-state index in [0.717, 1.165) is 0 Å². The fourth-order valence-electron chi connectivity index (χ4n) is 2.36. The van der Waals surface area contributed by atoms with Gasteiger partial charge in [-0.2, -0.15) is 0 Å². The minimum absolute atomic E-state index is 0.137. The smallest absolute Gasteiger partial charge is 0.257 e. The molecule has 2 N–H and O–H groups in total. The molecule has 1 fully saturated rings. The molecule has 1 saturated heterocycles. The van der Waals surface area contributed by atoms with Crippen LogP contribution >= 0.6 is 0 Å². The van der Waals surface area contributed by atoms with Gasteiger partial charge in [-0.15, -0.1) is 0 Å². The number of ether oxygens (including phenoxy) is 1. The molecule has 1 aromatic carbocycles. The zero-order chi connectivity index (χ0) is 14.7. The van der Waals surface area contributed by atoms with E-state index in [1.54, 1.807) is 23.1 Å². The van der Waals surface area contributed by atoms with Crippen molar-refractivity contribution >= 4 is 11.8 Å². The number of carbonyl (C=O) groups excluding carboxylic acids is 2. The number of methoxy groups -OCH3 is 1. The van der Waals surface area contributed by atoms with Crippen LogP contribution in [0.5, 0.6) is 5.75 Å². The molecule has 6 nitrogen and oxygen atoms in total. The van der Waals surface area contributed by atoms with E-state index in [4.69, 9.17) is 10.5 Å². The molecule has 2 rings (SSSR count). The molecule has 1 aliphatic rings. The third kappa shape index (κ3) is 2.75. The van der Waals surface area contributed by atoms with Crippen molar-refractivity contribution < 1.29 is 14.3 Å². The highest BCUT2D eigenvalue weighted by Crippen LogP contribution is 2.20. The maximum absolute atomic E-state index is 12.5. The Morgan fingerprint density at radius 2 is 2.00 bits per heavy atom. The molecule has 0 spiro atoms. The Kier molecular flexibility index (Phi) is 4.24. The Morgan fingerprint density at radius 3 is 2.65 bits per heavy atom. The van der Waals surface area contributed by atoms with E-state index >= 15 is 0 Å². The van der Waals surface area contributed by atoms with Crippen LogP contribution in [0.1, 0.15) is 10.4 Å². The lowest BCUT2D eigenvalue weighted by molar-refractivity contribution is -0.124. The van der Waals surface area contributed by atoms with Crippen molar-refractivity contribution in [3.05, 3.63) is 29.8 Å². The van der Waals surface area contributed by atoms with Crippen LogP contribution < -0.4 is 10.5 Å². The number of carbonyl (C=O) groups is 2. The first-order valence-electron chi connectivity index (χ1n) is 6.46. The molecule has 20 heavy (non-hydrogen) atoms. The summed E-state index contributed by atoms with van der Waals surface area (Å²) in [6.07, 6.45) is 0. The zero-order valence-corrected chi connectivity index (χ0v) is 11.7. The Hall–Kier alpha value is -2.08. The molecular weight excluding hydrogens is 258 g/mol. The van der Waals surface area contributed by atoms with E-state index in [9.17, 15) is 9.59 Å². The topological polar surface area (TPSA) is 75.9 Å². The van der Waals surface area contributed by atoms with Gasteiger partial charge in [0.15, 0.2) is 0 Å². The predicted octanol–water partition coefficient (Wildman–Crippen LogP) is -0.0633. The third-order valence-corrected chi connectivity index (χ3v) is 3.60. The monoisotopic (exact) mass is 277 g/mol. The second-order valence-corrected chi connectivity index (χ2v) is 4.85. The third-order valence-electron chi connectivity index (χ3n) is 3.60. The Morgan fingerprint density at radius 1 is 1.30 bits per heavy atom. The van der Waals surface area contributed by atoms with Crippen molar-refractivity contribution in [2.75, 3.05) is 33.8 Å². The summed E-state index contributed by atoms with van der Waals surface area (Å²) in [5, 5.41) is 0. The predicted molar refractivity (Wildman–Crippen MR) is 74.5 cm³/mol. The normalized spacial score (nSPS) is 19.7. The van der Waals surface area contributed by atoms with E-state index < -0.39 is 11.9 Å². The van der Waals surface area contributed by atoms with Gasteiger partial charge in [0.2, 0.25) is 5.91 Å². The summed E-state index contributed by atoms with van der Waals surface area (Å²) in [6, 6.07) is 6.62. The number of benzene rings is 1. The number of rotatable bonds is 3. The van der Waals surface area contributed by atoms with Gasteiger partial charge in [-0.05, 0) is 19.2 Å². The summed E-state index contributed by atoms with van der Waals surface area (Å²) in [4.78, 5) is 27.5. The number of likely N-dealkylation sites (N-methyl/N-ethyl adjacent to an activating group) is 1. The average Bonchev–Trinajstić information content (AvgIpc) is 2.46. The molecule has 108 valence electrons. The van der Waals surface area contributed by atoms with Crippen LogP contribution in [0.15, 0.2) is 24.3 Å². The number of hydrogen-bond donors (Lipinski definition) is 1. The Balaban J connectivity index is 2.19. The van der Waals surface area contributed by atoms with E-state index in [1.807, 2.05) is 18.0 Å². The van der Waals surface area contributed by atoms with E-state index in [0.29, 0.717) is 30.9 Å². The summed E-state index contributed by atoms with van der Waals surface area (Å²) in [7, 11) is 3.36. The number of piperazine rings is 1. The molecule has 1 unspecified atom stereocenters. The minimum atomic E-state index is -0.442. The number of hydrogen-bond acceptors (Lipinski definition) is 4. The van der Waals surface area contributed by atoms with Gasteiger partial charge in [0, 0.05) is 19.6 Å². The van der Waals surface area contributed by atoms with Crippen LogP contribution in [0.25, 0.3) is 0 Å². The van der Waals surface area contributed by atoms with Crippen LogP contribution in [0.2, 0.25) is 0 Å². The second-order valence-electron chi connectivity index (χ2n) is 4.85. The summed E-state index contributed by atoms with van der Waals surface area (Å²) < 4.78 is 5.20. The summed E-state index contributed by atoms with van der Waals surface area (Å²) >= 11 is 0. The molecule has 1 aliphatic heterocycles. The van der Waals surface area contributed by atoms with Gasteiger partial charge in [-0.3, -0.25) is 14.5 Å². The fraction of sp³-hybridized carbons (Fsp3) is 0.429. The van der Waals surface area contributed by atoms with E-state index in [1.165, 1.54) is 7.11 Å². The molecule has 2 amide bonds. The van der Waals surface area contributed by atoms with Crippen molar-refractivity contribution in [2.24, 2.45) is 5.73 Å². The summed E-state index contributed by atoms with van der Waals surface area (Å²) in [5.74, 6) is -0.0149. The Labute approximate surface area is 118 Å². The van der Waals surface area contributed by atoms with Gasteiger partial charge < -0.3 is 15.4 Å². The molecule has 1 heterocycles. The highest BCUT2D eigenvalue weighted by molar-refractivity contribution is 5.97. The molecule has 1 atom stereocenters. The number of para-hydroxylation sites is 1. The quantitative estimate of drug-likeness (QED) is 0.839. The first kappa shape index (κ1) is 14.3. The van der Waals surface area contributed by atoms with Gasteiger partial charge >= 0.3 is 0 Å². The standard InChI is InChI=1S/C14H19N3O3/c1-16-7-8-17(9-11(16)13(15)18)14(19)10-5-3-4-6-12(10)20-2/h3-6,11H,7-9H2,1-2H3,(H2,15,18). The zero-order valence-electron chi connectivity index (χ0n) is 11.7. The van der Waals surface area contributed by atoms with Crippen molar-refractivity contribution in [1.82, 2.24) is 9.80 Å². The van der Waals surface area contributed by atoms with Gasteiger partial charge in [-0.1, -0.05) is 12.1 Å². The van der Waals surface area contributed by atoms with Crippen LogP contribution in [0.4, 0.5) is 0 Å². The lowest BCUT2D eigenvalue weighted by Crippen LogP contribution is -2.57. The van der Waals surface area contributed by atoms with E-state index in [2.05, 4.69) is 0 Å². The number of primary amides is 1. The second kappa shape index (κ2) is 5.92. The summed E-state index contributed by atoms with van der Waals surface area (Å²) in [5.41, 5.74) is 5.87. The van der Waals surface area contributed by atoms with Gasteiger partial charge in [0.05, 0.1) is 12.7 Å². The lowest BCUT2D eigenvalue weighted by atomic mass is 10.1. The number of amides is 2. The fourth-order valence-corrected chi connectivity index (χ4v) is 2.36. The largest absolute Gasteiger partial charge is 0.496 e. The van der Waals surface area contributed by atoms with Crippen LogP contribution in [-0.4, -0.2) is 61.4 Å². The highest BCUT2D eigenvalue weighted by Gasteiger charge is 2.31. The van der Waals surface area contributed by atoms with Gasteiger partial charge in [-0.25, -0.2) is 0 Å². The van der Waals surface area contributed by atoms with Crippen molar-refractivity contribution in [1.29, 1.82) is 0 Å². The molecule has 0 aliphatic carbocycles. The lowest BCUT2D eigenvalue weighted by Gasteiger charge is -2.37. The van der Waals surface area contributed by atoms with Crippen molar-refractivity contribution in [3.8, 4) is 5.75 Å². The van der Waals surface area contributed by atoms with Gasteiger partial charge in [0.25, 0.3) is 5.91 Å². The number of nitrogens with two attached hydrogens (primary N) is 1. The molecular formula is C14H19N3O3. The molecule has 6 heteroatoms. The summed E-state index contributed by atoms with van der Waals surface area (Å²) in [6.45, 7) is 1.49. The van der Waals surface area contributed by atoms with Crippen LogP contribution in [-0.2, 0) is 4.79 Å². The SMILES string of the molecule is COc1ccccc1C(=O)N1CCN(C)C(C(N)=O)C1. The maximum atomic E-state index is 12.5. The molecule has 0 radical (unpaired) electrons. The van der Waals surface area contributed by atoms with Crippen LogP contribution in [0, 0.1) is 0 Å². The molecule has 0 bridgehead atoms. The highest BCUT2D eigenvalue weighted by atomic mass is 16.5. The molecule has 1 aromatic rings.